The number of aryl methyl sites for hydroxylation is 1. The monoisotopic (exact) mass is 312 g/mol. The number of hydrogen-bond acceptors (Lipinski definition) is 3. The molecular formula is C17H13ClN2O2. The van der Waals surface area contributed by atoms with E-state index in [1.807, 2.05) is 25.2 Å². The number of ether oxygens (including phenoxy) is 1. The number of fused-ring (bicyclic) bond motifs is 5. The van der Waals surface area contributed by atoms with Crippen LogP contribution >= 0.6 is 11.6 Å². The maximum Gasteiger partial charge on any atom is 0.137 e. The molecule has 5 heteroatoms. The molecule has 0 amide bonds. The minimum Gasteiger partial charge on any atom is -0.508 e. The molecule has 0 aliphatic rings. The van der Waals surface area contributed by atoms with Crippen molar-refractivity contribution >= 4 is 44.2 Å². The second kappa shape index (κ2) is 4.52. The summed E-state index contributed by atoms with van der Waals surface area (Å²) in [6.07, 6.45) is 1.67. The standard InChI is InChI=1S/C17H13ClN2O2/c1-20-12-4-3-9(21)7-11(12)15-13(20)8-14(22-2)10-5-6-19-17(18)16(10)15/h3-8,21H,1-2H3. The van der Waals surface area contributed by atoms with Crippen LogP contribution in [0, 0.1) is 0 Å². The molecule has 0 unspecified atom stereocenters. The van der Waals surface area contributed by atoms with Crippen LogP contribution in [0.15, 0.2) is 36.5 Å². The Morgan fingerprint density at radius 3 is 2.68 bits per heavy atom. The smallest absolute Gasteiger partial charge is 0.137 e. The van der Waals surface area contributed by atoms with Crippen LogP contribution in [0.4, 0.5) is 0 Å². The quantitative estimate of drug-likeness (QED) is 0.535. The summed E-state index contributed by atoms with van der Waals surface area (Å²) in [5, 5.41) is 14.0. The van der Waals surface area contributed by atoms with Crippen molar-refractivity contribution in [3.8, 4) is 11.5 Å². The number of rotatable bonds is 1. The summed E-state index contributed by atoms with van der Waals surface area (Å²) in [5.74, 6) is 0.978. The van der Waals surface area contributed by atoms with Gasteiger partial charge in [0.1, 0.15) is 16.7 Å². The molecule has 0 atom stereocenters. The Hall–Kier alpha value is -2.46. The Balaban J connectivity index is 2.39. The molecule has 22 heavy (non-hydrogen) atoms. The number of hydrogen-bond donors (Lipinski definition) is 1. The van der Waals surface area contributed by atoms with Crippen LogP contribution in [0.3, 0.4) is 0 Å². The first-order valence-electron chi connectivity index (χ1n) is 6.84. The molecule has 0 aliphatic carbocycles. The summed E-state index contributed by atoms with van der Waals surface area (Å²) in [6.45, 7) is 0. The van der Waals surface area contributed by atoms with Crippen LogP contribution in [-0.2, 0) is 7.05 Å². The van der Waals surface area contributed by atoms with Gasteiger partial charge >= 0.3 is 0 Å². The van der Waals surface area contributed by atoms with E-state index in [9.17, 15) is 5.11 Å². The van der Waals surface area contributed by atoms with Gasteiger partial charge in [0.2, 0.25) is 0 Å². The molecule has 0 spiro atoms. The topological polar surface area (TPSA) is 47.3 Å². The van der Waals surface area contributed by atoms with Gasteiger partial charge < -0.3 is 14.4 Å². The van der Waals surface area contributed by atoms with Crippen LogP contribution in [-0.4, -0.2) is 21.8 Å². The fourth-order valence-corrected chi connectivity index (χ4v) is 3.39. The first-order valence-corrected chi connectivity index (χ1v) is 7.22. The van der Waals surface area contributed by atoms with E-state index in [1.165, 1.54) is 0 Å². The third-order valence-corrected chi connectivity index (χ3v) is 4.42. The fraction of sp³-hybridized carbons (Fsp3) is 0.118. The predicted molar refractivity (Wildman–Crippen MR) is 89.0 cm³/mol. The Morgan fingerprint density at radius 1 is 1.09 bits per heavy atom. The zero-order valence-corrected chi connectivity index (χ0v) is 12.8. The van der Waals surface area contributed by atoms with Crippen molar-refractivity contribution in [2.75, 3.05) is 7.11 Å². The fourth-order valence-electron chi connectivity index (χ4n) is 3.13. The largest absolute Gasteiger partial charge is 0.508 e. The van der Waals surface area contributed by atoms with Gasteiger partial charge in [-0.15, -0.1) is 0 Å². The van der Waals surface area contributed by atoms with Gasteiger partial charge in [0.25, 0.3) is 0 Å². The summed E-state index contributed by atoms with van der Waals surface area (Å²) >= 11 is 6.38. The van der Waals surface area contributed by atoms with Crippen molar-refractivity contribution in [2.24, 2.45) is 7.05 Å². The summed E-state index contributed by atoms with van der Waals surface area (Å²) in [4.78, 5) is 4.21. The summed E-state index contributed by atoms with van der Waals surface area (Å²) in [7, 11) is 3.63. The SMILES string of the molecule is COc1cc2c(c3cc(O)ccc3n2C)c2c(Cl)nccc12. The van der Waals surface area contributed by atoms with Crippen LogP contribution < -0.4 is 4.74 Å². The number of benzene rings is 2. The Kier molecular flexibility index (Phi) is 2.71. The zero-order valence-electron chi connectivity index (χ0n) is 12.1. The van der Waals surface area contributed by atoms with E-state index < -0.39 is 0 Å². The lowest BCUT2D eigenvalue weighted by molar-refractivity contribution is 0.420. The van der Waals surface area contributed by atoms with Crippen LogP contribution in [0.25, 0.3) is 32.6 Å². The molecule has 0 aliphatic heterocycles. The van der Waals surface area contributed by atoms with Gasteiger partial charge in [0.05, 0.1) is 12.6 Å². The summed E-state index contributed by atoms with van der Waals surface area (Å²) in [6, 6.07) is 9.22. The summed E-state index contributed by atoms with van der Waals surface area (Å²) < 4.78 is 7.58. The number of halogens is 1. The van der Waals surface area contributed by atoms with Crippen LogP contribution in [0.1, 0.15) is 0 Å². The van der Waals surface area contributed by atoms with Crippen molar-refractivity contribution in [1.82, 2.24) is 9.55 Å². The molecule has 0 saturated heterocycles. The van der Waals surface area contributed by atoms with Gasteiger partial charge in [-0.05, 0) is 24.3 Å². The highest BCUT2D eigenvalue weighted by molar-refractivity contribution is 6.38. The maximum atomic E-state index is 9.86. The second-order valence-corrected chi connectivity index (χ2v) is 5.62. The molecule has 2 aromatic carbocycles. The molecule has 4 rings (SSSR count). The highest BCUT2D eigenvalue weighted by Gasteiger charge is 2.17. The van der Waals surface area contributed by atoms with Crippen LogP contribution in [0.5, 0.6) is 11.5 Å². The van der Waals surface area contributed by atoms with Gasteiger partial charge in [0.15, 0.2) is 0 Å². The number of methoxy groups -OCH3 is 1. The van der Waals surface area contributed by atoms with E-state index >= 15 is 0 Å². The molecule has 0 radical (unpaired) electrons. The van der Waals surface area contributed by atoms with Crippen LogP contribution in [0.2, 0.25) is 5.15 Å². The highest BCUT2D eigenvalue weighted by Crippen LogP contribution is 2.41. The van der Waals surface area contributed by atoms with Gasteiger partial charge in [-0.1, -0.05) is 11.6 Å². The van der Waals surface area contributed by atoms with E-state index in [4.69, 9.17) is 16.3 Å². The van der Waals surface area contributed by atoms with Gasteiger partial charge in [-0.2, -0.15) is 0 Å². The second-order valence-electron chi connectivity index (χ2n) is 5.26. The number of phenols is 1. The Bertz CT molecular complexity index is 1050. The van der Waals surface area contributed by atoms with Crippen molar-refractivity contribution < 1.29 is 9.84 Å². The lowest BCUT2D eigenvalue weighted by Gasteiger charge is -2.09. The number of aromatic nitrogens is 2. The zero-order chi connectivity index (χ0) is 15.4. The number of phenolic OH excluding ortho intramolecular Hbond substituents is 1. The Morgan fingerprint density at radius 2 is 1.91 bits per heavy atom. The summed E-state index contributed by atoms with van der Waals surface area (Å²) in [5.41, 5.74) is 2.00. The number of aromatic hydroxyl groups is 1. The van der Waals surface area contributed by atoms with E-state index in [0.717, 1.165) is 38.3 Å². The van der Waals surface area contributed by atoms with Crippen molar-refractivity contribution in [3.05, 3.63) is 41.7 Å². The third-order valence-electron chi connectivity index (χ3n) is 4.14. The maximum absolute atomic E-state index is 9.86. The van der Waals surface area contributed by atoms with Gasteiger partial charge in [0, 0.05) is 46.4 Å². The van der Waals surface area contributed by atoms with E-state index in [2.05, 4.69) is 9.55 Å². The molecule has 0 bridgehead atoms. The van der Waals surface area contributed by atoms with Gasteiger partial charge in [-0.3, -0.25) is 0 Å². The molecule has 2 heterocycles. The lowest BCUT2D eigenvalue weighted by Crippen LogP contribution is -1.91. The number of nitrogens with zero attached hydrogens (tertiary/aromatic N) is 2. The average Bonchev–Trinajstić information content (AvgIpc) is 2.79. The lowest BCUT2D eigenvalue weighted by atomic mass is 10.0. The average molecular weight is 313 g/mol. The minimum atomic E-state index is 0.226. The molecule has 4 nitrogen and oxygen atoms in total. The minimum absolute atomic E-state index is 0.226. The van der Waals surface area contributed by atoms with E-state index in [1.54, 1.807) is 25.4 Å². The highest BCUT2D eigenvalue weighted by atomic mass is 35.5. The van der Waals surface area contributed by atoms with E-state index in [-0.39, 0.29) is 5.75 Å². The molecule has 0 fully saturated rings. The first kappa shape index (κ1) is 13.2. The predicted octanol–water partition coefficient (Wildman–Crippen LogP) is 4.25. The van der Waals surface area contributed by atoms with Crippen molar-refractivity contribution in [2.45, 2.75) is 0 Å². The molecule has 1 N–H and O–H groups in total. The van der Waals surface area contributed by atoms with E-state index in [0.29, 0.717) is 5.15 Å². The number of pyridine rings is 1. The molecule has 0 saturated carbocycles. The molecule has 2 aromatic heterocycles. The normalized spacial score (nSPS) is 11.6. The molecular weight excluding hydrogens is 300 g/mol. The Labute approximate surface area is 131 Å². The van der Waals surface area contributed by atoms with Crippen molar-refractivity contribution in [1.29, 1.82) is 0 Å². The van der Waals surface area contributed by atoms with Crippen molar-refractivity contribution in [3.63, 3.8) is 0 Å². The molecule has 110 valence electrons. The first-order chi connectivity index (χ1) is 10.6. The molecule has 4 aromatic rings. The van der Waals surface area contributed by atoms with Gasteiger partial charge in [-0.25, -0.2) is 4.98 Å². The third kappa shape index (κ3) is 1.61.